The molecule has 1 aliphatic heterocycles. The van der Waals surface area contributed by atoms with Crippen LogP contribution in [0.15, 0.2) is 27.6 Å². The van der Waals surface area contributed by atoms with Gasteiger partial charge >= 0.3 is 0 Å². The first-order valence-corrected chi connectivity index (χ1v) is 7.18. The van der Waals surface area contributed by atoms with Gasteiger partial charge in [0, 0.05) is 14.9 Å². The molecule has 2 nitrogen and oxygen atoms in total. The minimum absolute atomic E-state index is 0.0364. The average Bonchev–Trinajstić information content (AvgIpc) is 2.93. The van der Waals surface area contributed by atoms with Gasteiger partial charge in [-0.05, 0) is 46.5 Å². The SMILES string of the molecule is NC1(c2ccc(SC3COC3)c(Br)c2)CC1. The first-order valence-electron chi connectivity index (χ1n) is 5.51. The zero-order chi connectivity index (χ0) is 11.2. The standard InChI is InChI=1S/C12H14BrNOS/c13-10-5-8(12(14)3-4-12)1-2-11(10)16-9-6-15-7-9/h1-2,5,9H,3-4,6-7,14H2. The highest BCUT2D eigenvalue weighted by molar-refractivity contribution is 9.10. The Morgan fingerprint density at radius 3 is 2.62 bits per heavy atom. The number of nitrogens with two attached hydrogens (primary N) is 1. The third-order valence-electron chi connectivity index (χ3n) is 3.20. The Morgan fingerprint density at radius 1 is 1.38 bits per heavy atom. The molecule has 1 aliphatic carbocycles. The van der Waals surface area contributed by atoms with Crippen LogP contribution in [0.25, 0.3) is 0 Å². The highest BCUT2D eigenvalue weighted by Crippen LogP contribution is 2.44. The molecule has 0 unspecified atom stereocenters. The van der Waals surface area contributed by atoms with Crippen LogP contribution >= 0.6 is 27.7 Å². The first kappa shape index (κ1) is 11.1. The maximum atomic E-state index is 6.18. The van der Waals surface area contributed by atoms with E-state index >= 15 is 0 Å². The van der Waals surface area contributed by atoms with Crippen molar-refractivity contribution < 1.29 is 4.74 Å². The van der Waals surface area contributed by atoms with Gasteiger partial charge in [-0.1, -0.05) is 6.07 Å². The number of ether oxygens (including phenoxy) is 1. The summed E-state index contributed by atoms with van der Waals surface area (Å²) < 4.78 is 6.34. The monoisotopic (exact) mass is 299 g/mol. The lowest BCUT2D eigenvalue weighted by molar-refractivity contribution is 0.0455. The van der Waals surface area contributed by atoms with Gasteiger partial charge in [0.2, 0.25) is 0 Å². The molecule has 0 atom stereocenters. The fourth-order valence-electron chi connectivity index (χ4n) is 1.79. The van der Waals surface area contributed by atoms with Crippen molar-refractivity contribution in [2.75, 3.05) is 13.2 Å². The van der Waals surface area contributed by atoms with Crippen LogP contribution in [0.3, 0.4) is 0 Å². The molecule has 4 heteroatoms. The lowest BCUT2D eigenvalue weighted by Crippen LogP contribution is -2.30. The van der Waals surface area contributed by atoms with E-state index in [0.717, 1.165) is 26.1 Å². The van der Waals surface area contributed by atoms with Crippen LogP contribution in [0.2, 0.25) is 0 Å². The van der Waals surface area contributed by atoms with Crippen LogP contribution in [0, 0.1) is 0 Å². The van der Waals surface area contributed by atoms with Crippen molar-refractivity contribution in [3.63, 3.8) is 0 Å². The quantitative estimate of drug-likeness (QED) is 0.932. The van der Waals surface area contributed by atoms with Crippen molar-refractivity contribution in [2.24, 2.45) is 5.73 Å². The number of thioether (sulfide) groups is 1. The van der Waals surface area contributed by atoms with E-state index in [1.807, 2.05) is 11.8 Å². The zero-order valence-corrected chi connectivity index (χ0v) is 11.3. The van der Waals surface area contributed by atoms with Gasteiger partial charge in [-0.25, -0.2) is 0 Å². The summed E-state index contributed by atoms with van der Waals surface area (Å²) in [6.45, 7) is 1.75. The van der Waals surface area contributed by atoms with Crippen LogP contribution in [-0.2, 0) is 10.3 Å². The largest absolute Gasteiger partial charge is 0.379 e. The van der Waals surface area contributed by atoms with Crippen LogP contribution < -0.4 is 5.73 Å². The molecule has 0 amide bonds. The molecule has 0 spiro atoms. The average molecular weight is 300 g/mol. The minimum Gasteiger partial charge on any atom is -0.379 e. The Morgan fingerprint density at radius 2 is 2.12 bits per heavy atom. The van der Waals surface area contributed by atoms with Crippen LogP contribution in [0.5, 0.6) is 0 Å². The number of hydrogen-bond donors (Lipinski definition) is 1. The smallest absolute Gasteiger partial charge is 0.0611 e. The predicted octanol–water partition coefficient (Wildman–Crippen LogP) is 2.89. The van der Waals surface area contributed by atoms with E-state index in [4.69, 9.17) is 10.5 Å². The van der Waals surface area contributed by atoms with Gasteiger partial charge in [-0.3, -0.25) is 0 Å². The summed E-state index contributed by atoms with van der Waals surface area (Å²) in [5.74, 6) is 0. The van der Waals surface area contributed by atoms with Gasteiger partial charge in [-0.15, -0.1) is 11.8 Å². The molecule has 2 fully saturated rings. The van der Waals surface area contributed by atoms with E-state index in [1.165, 1.54) is 14.9 Å². The van der Waals surface area contributed by atoms with Gasteiger partial charge in [0.25, 0.3) is 0 Å². The van der Waals surface area contributed by atoms with Crippen molar-refractivity contribution in [2.45, 2.75) is 28.5 Å². The van der Waals surface area contributed by atoms with E-state index < -0.39 is 0 Å². The van der Waals surface area contributed by atoms with Crippen molar-refractivity contribution in [1.29, 1.82) is 0 Å². The van der Waals surface area contributed by atoms with Crippen LogP contribution in [-0.4, -0.2) is 18.5 Å². The fourth-order valence-corrected chi connectivity index (χ4v) is 3.46. The molecule has 86 valence electrons. The van der Waals surface area contributed by atoms with E-state index in [2.05, 4.69) is 34.1 Å². The van der Waals surface area contributed by atoms with Crippen molar-refractivity contribution >= 4 is 27.7 Å². The maximum absolute atomic E-state index is 6.18. The number of rotatable bonds is 3. The summed E-state index contributed by atoms with van der Waals surface area (Å²) in [6.07, 6.45) is 2.23. The fraction of sp³-hybridized carbons (Fsp3) is 0.500. The highest BCUT2D eigenvalue weighted by atomic mass is 79.9. The van der Waals surface area contributed by atoms with Gasteiger partial charge in [0.15, 0.2) is 0 Å². The normalized spacial score (nSPS) is 22.9. The maximum Gasteiger partial charge on any atom is 0.0611 e. The molecule has 16 heavy (non-hydrogen) atoms. The number of halogens is 1. The van der Waals surface area contributed by atoms with Crippen molar-refractivity contribution in [3.05, 3.63) is 28.2 Å². The summed E-state index contributed by atoms with van der Waals surface area (Å²) in [7, 11) is 0. The Labute approximate surface area is 108 Å². The Bertz CT molecular complexity index is 415. The molecule has 1 aromatic carbocycles. The Hall–Kier alpha value is -0.0300. The topological polar surface area (TPSA) is 35.2 Å². The van der Waals surface area contributed by atoms with Gasteiger partial charge in [0.1, 0.15) is 0 Å². The molecule has 2 aliphatic rings. The molecule has 1 aromatic rings. The Balaban J connectivity index is 1.79. The third-order valence-corrected chi connectivity index (χ3v) is 5.33. The lowest BCUT2D eigenvalue weighted by Gasteiger charge is -2.25. The molecule has 1 heterocycles. The summed E-state index contributed by atoms with van der Waals surface area (Å²) >= 11 is 5.52. The summed E-state index contributed by atoms with van der Waals surface area (Å²) in [5, 5.41) is 0.620. The molecule has 0 aromatic heterocycles. The highest BCUT2D eigenvalue weighted by Gasteiger charge is 2.40. The van der Waals surface area contributed by atoms with Crippen molar-refractivity contribution in [1.82, 2.24) is 0 Å². The summed E-state index contributed by atoms with van der Waals surface area (Å²) in [5.41, 5.74) is 7.40. The Kier molecular flexibility index (Phi) is 2.78. The zero-order valence-electron chi connectivity index (χ0n) is 8.91. The number of hydrogen-bond acceptors (Lipinski definition) is 3. The lowest BCUT2D eigenvalue weighted by atomic mass is 10.1. The summed E-state index contributed by atoms with van der Waals surface area (Å²) in [6, 6.07) is 6.52. The van der Waals surface area contributed by atoms with E-state index in [0.29, 0.717) is 5.25 Å². The molecule has 1 saturated heterocycles. The molecule has 1 saturated carbocycles. The van der Waals surface area contributed by atoms with E-state index in [9.17, 15) is 0 Å². The van der Waals surface area contributed by atoms with Crippen LogP contribution in [0.1, 0.15) is 18.4 Å². The summed E-state index contributed by atoms with van der Waals surface area (Å²) in [4.78, 5) is 1.29. The van der Waals surface area contributed by atoms with Gasteiger partial charge in [0.05, 0.1) is 18.5 Å². The third kappa shape index (κ3) is 2.04. The van der Waals surface area contributed by atoms with Crippen LogP contribution in [0.4, 0.5) is 0 Å². The molecule has 0 radical (unpaired) electrons. The molecule has 0 bridgehead atoms. The number of benzene rings is 1. The second kappa shape index (κ2) is 4.02. The first-order chi connectivity index (χ1) is 7.67. The molecular formula is C12H14BrNOS. The van der Waals surface area contributed by atoms with Crippen molar-refractivity contribution in [3.8, 4) is 0 Å². The minimum atomic E-state index is -0.0364. The van der Waals surface area contributed by atoms with E-state index in [1.54, 1.807) is 0 Å². The second-order valence-electron chi connectivity index (χ2n) is 4.58. The molecule has 3 rings (SSSR count). The molecule has 2 N–H and O–H groups in total. The molecular weight excluding hydrogens is 286 g/mol. The van der Waals surface area contributed by atoms with Gasteiger partial charge < -0.3 is 10.5 Å². The van der Waals surface area contributed by atoms with E-state index in [-0.39, 0.29) is 5.54 Å². The second-order valence-corrected chi connectivity index (χ2v) is 6.78. The predicted molar refractivity (Wildman–Crippen MR) is 69.7 cm³/mol. The van der Waals surface area contributed by atoms with Gasteiger partial charge in [-0.2, -0.15) is 0 Å².